The first kappa shape index (κ1) is 16.2. The van der Waals surface area contributed by atoms with Gasteiger partial charge in [0.15, 0.2) is 0 Å². The number of amides is 1. The summed E-state index contributed by atoms with van der Waals surface area (Å²) in [5, 5.41) is 16.8. The average Bonchev–Trinajstić information content (AvgIpc) is 3.01. The predicted octanol–water partition coefficient (Wildman–Crippen LogP) is 2.46. The molecule has 118 valence electrons. The second-order valence-corrected chi connectivity index (χ2v) is 5.85. The maximum atomic E-state index is 11.9. The van der Waals surface area contributed by atoms with Gasteiger partial charge in [-0.15, -0.1) is 0 Å². The van der Waals surface area contributed by atoms with Gasteiger partial charge in [-0.05, 0) is 36.6 Å². The monoisotopic (exact) mass is 301 g/mol. The molecule has 5 nitrogen and oxygen atoms in total. The third-order valence-corrected chi connectivity index (χ3v) is 3.70. The second kappa shape index (κ2) is 7.22. The number of nitrogens with zero attached hydrogens (tertiary/aromatic N) is 2. The molecule has 0 bridgehead atoms. The molecule has 0 aliphatic rings. The molecule has 0 spiro atoms. The first-order valence-corrected chi connectivity index (χ1v) is 7.54. The van der Waals surface area contributed by atoms with Crippen LogP contribution in [0.15, 0.2) is 42.7 Å². The Hall–Kier alpha value is -2.14. The summed E-state index contributed by atoms with van der Waals surface area (Å²) >= 11 is 0. The third-order valence-electron chi connectivity index (χ3n) is 3.70. The van der Waals surface area contributed by atoms with Gasteiger partial charge in [-0.3, -0.25) is 4.79 Å². The fourth-order valence-corrected chi connectivity index (χ4v) is 2.15. The van der Waals surface area contributed by atoms with Crippen LogP contribution in [0.5, 0.6) is 0 Å². The normalized spacial score (nSPS) is 13.9. The summed E-state index contributed by atoms with van der Waals surface area (Å²) < 4.78 is 1.78. The van der Waals surface area contributed by atoms with Gasteiger partial charge in [0.05, 0.1) is 24.3 Å². The Labute approximate surface area is 131 Å². The lowest BCUT2D eigenvalue weighted by Crippen LogP contribution is -2.31. The topological polar surface area (TPSA) is 67.2 Å². The standard InChI is InChI=1S/C17H23N3O2/c1-12(2)16(21)11-17(22)19-13(3)14-5-7-15(8-6-14)20-10-4-9-18-20/h4-10,12-13,16,21H,11H2,1-3H3,(H,19,22). The molecule has 0 saturated heterocycles. The first-order valence-electron chi connectivity index (χ1n) is 7.54. The number of aliphatic hydroxyl groups excluding tert-OH is 1. The Balaban J connectivity index is 1.95. The minimum atomic E-state index is -0.602. The van der Waals surface area contributed by atoms with E-state index in [9.17, 15) is 9.90 Å². The van der Waals surface area contributed by atoms with Gasteiger partial charge in [0, 0.05) is 12.4 Å². The van der Waals surface area contributed by atoms with Gasteiger partial charge < -0.3 is 10.4 Å². The Kier molecular flexibility index (Phi) is 5.33. The quantitative estimate of drug-likeness (QED) is 0.861. The van der Waals surface area contributed by atoms with Gasteiger partial charge in [-0.2, -0.15) is 5.10 Å². The number of benzene rings is 1. The van der Waals surface area contributed by atoms with Crippen LogP contribution in [0, 0.1) is 5.92 Å². The van der Waals surface area contributed by atoms with Crippen molar-refractivity contribution in [1.82, 2.24) is 15.1 Å². The van der Waals surface area contributed by atoms with E-state index >= 15 is 0 Å². The number of carbonyl (C=O) groups is 1. The van der Waals surface area contributed by atoms with E-state index in [-0.39, 0.29) is 24.3 Å². The molecule has 1 amide bonds. The summed E-state index contributed by atoms with van der Waals surface area (Å²) in [7, 11) is 0. The molecule has 5 heteroatoms. The molecule has 0 fully saturated rings. The van der Waals surface area contributed by atoms with Crippen molar-refractivity contribution in [3.63, 3.8) is 0 Å². The molecule has 2 unspecified atom stereocenters. The lowest BCUT2D eigenvalue weighted by Gasteiger charge is -2.18. The zero-order chi connectivity index (χ0) is 16.1. The van der Waals surface area contributed by atoms with Crippen LogP contribution >= 0.6 is 0 Å². The molecule has 0 aliphatic carbocycles. The molecule has 0 aliphatic heterocycles. The van der Waals surface area contributed by atoms with Crippen molar-refractivity contribution in [2.45, 2.75) is 39.3 Å². The number of carbonyl (C=O) groups excluding carboxylic acids is 1. The van der Waals surface area contributed by atoms with Crippen molar-refractivity contribution in [3.8, 4) is 5.69 Å². The Morgan fingerprint density at radius 1 is 1.27 bits per heavy atom. The summed E-state index contributed by atoms with van der Waals surface area (Å²) in [5.74, 6) is -0.0562. The summed E-state index contributed by atoms with van der Waals surface area (Å²) in [6, 6.07) is 9.65. The molecule has 1 heterocycles. The van der Waals surface area contributed by atoms with Crippen LogP contribution in [0.4, 0.5) is 0 Å². The molecular formula is C17H23N3O2. The van der Waals surface area contributed by atoms with Crippen LogP contribution in [0.2, 0.25) is 0 Å². The minimum absolute atomic E-state index is 0.0782. The van der Waals surface area contributed by atoms with Crippen LogP contribution in [0.1, 0.15) is 38.8 Å². The molecule has 1 aromatic carbocycles. The summed E-state index contributed by atoms with van der Waals surface area (Å²) in [6.07, 6.45) is 3.15. The maximum Gasteiger partial charge on any atom is 0.223 e. The van der Waals surface area contributed by atoms with E-state index in [1.54, 1.807) is 10.9 Å². The largest absolute Gasteiger partial charge is 0.392 e. The Bertz CT molecular complexity index is 591. The van der Waals surface area contributed by atoms with Crippen molar-refractivity contribution in [3.05, 3.63) is 48.3 Å². The Morgan fingerprint density at radius 3 is 2.50 bits per heavy atom. The highest BCUT2D eigenvalue weighted by Gasteiger charge is 2.16. The van der Waals surface area contributed by atoms with Gasteiger partial charge in [-0.25, -0.2) is 4.68 Å². The highest BCUT2D eigenvalue weighted by molar-refractivity contribution is 5.76. The lowest BCUT2D eigenvalue weighted by atomic mass is 10.0. The first-order chi connectivity index (χ1) is 10.5. The fraction of sp³-hybridized carbons (Fsp3) is 0.412. The highest BCUT2D eigenvalue weighted by atomic mass is 16.3. The number of hydrogen-bond donors (Lipinski definition) is 2. The van der Waals surface area contributed by atoms with E-state index in [4.69, 9.17) is 0 Å². The van der Waals surface area contributed by atoms with Crippen molar-refractivity contribution >= 4 is 5.91 Å². The molecule has 0 saturated carbocycles. The number of aromatic nitrogens is 2. The zero-order valence-electron chi connectivity index (χ0n) is 13.2. The van der Waals surface area contributed by atoms with E-state index < -0.39 is 6.10 Å². The minimum Gasteiger partial charge on any atom is -0.392 e. The van der Waals surface area contributed by atoms with E-state index in [1.807, 2.05) is 57.3 Å². The number of nitrogens with one attached hydrogen (secondary N) is 1. The van der Waals surface area contributed by atoms with E-state index in [2.05, 4.69) is 10.4 Å². The van der Waals surface area contributed by atoms with Gasteiger partial charge >= 0.3 is 0 Å². The van der Waals surface area contributed by atoms with E-state index in [1.165, 1.54) is 0 Å². The highest BCUT2D eigenvalue weighted by Crippen LogP contribution is 2.16. The predicted molar refractivity (Wildman–Crippen MR) is 85.6 cm³/mol. The molecule has 22 heavy (non-hydrogen) atoms. The third kappa shape index (κ3) is 4.18. The molecular weight excluding hydrogens is 278 g/mol. The van der Waals surface area contributed by atoms with Crippen molar-refractivity contribution in [2.24, 2.45) is 5.92 Å². The average molecular weight is 301 g/mol. The number of aliphatic hydroxyl groups is 1. The van der Waals surface area contributed by atoms with Crippen LogP contribution in [0.25, 0.3) is 5.69 Å². The van der Waals surface area contributed by atoms with Crippen LogP contribution in [-0.2, 0) is 4.79 Å². The molecule has 2 atom stereocenters. The SMILES string of the molecule is CC(NC(=O)CC(O)C(C)C)c1ccc(-n2cccn2)cc1. The summed E-state index contributed by atoms with van der Waals surface area (Å²) in [5.41, 5.74) is 1.99. The maximum absolute atomic E-state index is 11.9. The molecule has 0 radical (unpaired) electrons. The van der Waals surface area contributed by atoms with Crippen molar-refractivity contribution < 1.29 is 9.90 Å². The van der Waals surface area contributed by atoms with E-state index in [0.717, 1.165) is 11.3 Å². The second-order valence-electron chi connectivity index (χ2n) is 5.85. The lowest BCUT2D eigenvalue weighted by molar-refractivity contribution is -0.124. The van der Waals surface area contributed by atoms with Gasteiger partial charge in [0.2, 0.25) is 5.91 Å². The van der Waals surface area contributed by atoms with Crippen LogP contribution in [-0.4, -0.2) is 26.9 Å². The molecule has 1 aromatic heterocycles. The van der Waals surface area contributed by atoms with Crippen molar-refractivity contribution in [2.75, 3.05) is 0 Å². The number of rotatable bonds is 6. The smallest absolute Gasteiger partial charge is 0.223 e. The van der Waals surface area contributed by atoms with Crippen LogP contribution in [0.3, 0.4) is 0 Å². The molecule has 2 aromatic rings. The van der Waals surface area contributed by atoms with Gasteiger partial charge in [-0.1, -0.05) is 26.0 Å². The number of hydrogen-bond acceptors (Lipinski definition) is 3. The zero-order valence-corrected chi connectivity index (χ0v) is 13.2. The molecule has 2 rings (SSSR count). The Morgan fingerprint density at radius 2 is 1.95 bits per heavy atom. The van der Waals surface area contributed by atoms with Crippen molar-refractivity contribution in [1.29, 1.82) is 0 Å². The van der Waals surface area contributed by atoms with Gasteiger partial charge in [0.25, 0.3) is 0 Å². The summed E-state index contributed by atoms with van der Waals surface area (Å²) in [4.78, 5) is 11.9. The van der Waals surface area contributed by atoms with Crippen LogP contribution < -0.4 is 5.32 Å². The summed E-state index contributed by atoms with van der Waals surface area (Å²) in [6.45, 7) is 5.73. The van der Waals surface area contributed by atoms with Gasteiger partial charge in [0.1, 0.15) is 0 Å². The molecule has 2 N–H and O–H groups in total. The van der Waals surface area contributed by atoms with E-state index in [0.29, 0.717) is 0 Å². The fourth-order valence-electron chi connectivity index (χ4n) is 2.15.